The van der Waals surface area contributed by atoms with E-state index in [1.54, 1.807) is 0 Å². The summed E-state index contributed by atoms with van der Waals surface area (Å²) in [7, 11) is 0. The molecule has 2 aromatic rings. The molecule has 208 valence electrons. The number of nitrogens with two attached hydrogens (primary N) is 1. The van der Waals surface area contributed by atoms with Crippen LogP contribution in [0.2, 0.25) is 0 Å². The molecule has 6 atom stereocenters. The molecule has 3 aliphatic carbocycles. The Morgan fingerprint density at radius 3 is 2.72 bits per heavy atom. The average molecular weight is 531 g/mol. The highest BCUT2D eigenvalue weighted by atomic mass is 16.2. The van der Waals surface area contributed by atoms with Gasteiger partial charge in [-0.15, -0.1) is 0 Å². The van der Waals surface area contributed by atoms with E-state index in [4.69, 9.17) is 11.1 Å². The third kappa shape index (κ3) is 5.36. The predicted octanol–water partition coefficient (Wildman–Crippen LogP) is 3.22. The lowest BCUT2D eigenvalue weighted by Gasteiger charge is -2.45. The minimum absolute atomic E-state index is 0.0168. The lowest BCUT2D eigenvalue weighted by molar-refractivity contribution is -0.133. The van der Waals surface area contributed by atoms with Crippen LogP contribution in [0.3, 0.4) is 0 Å². The molecule has 0 bridgehead atoms. The molecule has 0 aromatic heterocycles. The van der Waals surface area contributed by atoms with E-state index in [2.05, 4.69) is 20.9 Å². The Bertz CT molecular complexity index is 1250. The predicted molar refractivity (Wildman–Crippen MR) is 153 cm³/mol. The quantitative estimate of drug-likeness (QED) is 0.183. The maximum Gasteiger partial charge on any atom is 0.251 e. The smallest absolute Gasteiger partial charge is 0.251 e. The number of hydrogen-bond acceptors (Lipinski definition) is 4. The van der Waals surface area contributed by atoms with Crippen molar-refractivity contribution in [1.82, 2.24) is 20.9 Å². The molecular formula is C31H42N6O2. The van der Waals surface area contributed by atoms with Crippen molar-refractivity contribution in [2.45, 2.75) is 63.5 Å². The average Bonchev–Trinajstić information content (AvgIpc) is 3.62. The molecule has 1 saturated heterocycles. The van der Waals surface area contributed by atoms with Crippen molar-refractivity contribution >= 4 is 28.5 Å². The summed E-state index contributed by atoms with van der Waals surface area (Å²) in [6.07, 6.45) is 9.00. The van der Waals surface area contributed by atoms with Crippen LogP contribution in [0, 0.1) is 28.6 Å². The summed E-state index contributed by atoms with van der Waals surface area (Å²) in [5.74, 6) is 2.75. The van der Waals surface area contributed by atoms with Gasteiger partial charge in [-0.05, 0) is 97.4 Å². The zero-order valence-corrected chi connectivity index (χ0v) is 22.8. The number of nitrogens with zero attached hydrogens (tertiary/aromatic N) is 1. The van der Waals surface area contributed by atoms with Gasteiger partial charge in [-0.25, -0.2) is 0 Å². The van der Waals surface area contributed by atoms with E-state index in [1.807, 2.05) is 42.5 Å². The minimum atomic E-state index is -0.296. The van der Waals surface area contributed by atoms with Gasteiger partial charge >= 0.3 is 0 Å². The van der Waals surface area contributed by atoms with E-state index >= 15 is 0 Å². The summed E-state index contributed by atoms with van der Waals surface area (Å²) in [5, 5.41) is 19.1. The topological polar surface area (TPSA) is 123 Å². The normalized spacial score (nSPS) is 31.1. The molecule has 6 rings (SSSR count). The third-order valence-corrected chi connectivity index (χ3v) is 10.1. The summed E-state index contributed by atoms with van der Waals surface area (Å²) in [4.78, 5) is 28.7. The van der Waals surface area contributed by atoms with E-state index in [0.717, 1.165) is 66.3 Å². The first-order valence-electron chi connectivity index (χ1n) is 14.8. The Hall–Kier alpha value is -3.13. The van der Waals surface area contributed by atoms with Gasteiger partial charge in [0.05, 0.1) is 6.04 Å². The van der Waals surface area contributed by atoms with Crippen molar-refractivity contribution in [2.24, 2.45) is 28.9 Å². The molecule has 1 spiro atoms. The van der Waals surface area contributed by atoms with E-state index in [0.29, 0.717) is 25.1 Å². The highest BCUT2D eigenvalue weighted by molar-refractivity contribution is 5.98. The second-order valence-corrected chi connectivity index (χ2v) is 12.4. The van der Waals surface area contributed by atoms with Gasteiger partial charge in [-0.2, -0.15) is 0 Å². The zero-order chi connectivity index (χ0) is 27.0. The van der Waals surface area contributed by atoms with Gasteiger partial charge in [0.15, 0.2) is 5.96 Å². The standard InChI is InChI=1S/C31H42N6O2/c32-30(33)34-13-3-6-27-29(39)37(14-11-23-17-31-18-24(31)9-10-26(23)31)15-12-25(36-27)19-35-28(38)22-8-7-20-4-1-2-5-21(20)16-22/h1-2,4-5,7-8,16,23-27,36H,3,6,9-15,17-19H2,(H,35,38)(H4,32,33,34)/t23?,24?,25-,26?,27-,31?/m0/s1. The number of carbonyl (C=O) groups excluding carboxylic acids is 2. The number of carbonyl (C=O) groups is 2. The summed E-state index contributed by atoms with van der Waals surface area (Å²) in [5.41, 5.74) is 6.80. The lowest BCUT2D eigenvalue weighted by atomic mass is 9.61. The van der Waals surface area contributed by atoms with Crippen molar-refractivity contribution < 1.29 is 9.59 Å². The number of hydrogen-bond donors (Lipinski definition) is 5. The summed E-state index contributed by atoms with van der Waals surface area (Å²) < 4.78 is 0. The van der Waals surface area contributed by atoms with Crippen LogP contribution in [-0.4, -0.2) is 60.9 Å². The second-order valence-electron chi connectivity index (χ2n) is 12.4. The van der Waals surface area contributed by atoms with Crippen LogP contribution in [0.1, 0.15) is 61.7 Å². The molecule has 4 aliphatic rings. The Labute approximate surface area is 231 Å². The van der Waals surface area contributed by atoms with Crippen LogP contribution in [0.15, 0.2) is 42.5 Å². The molecule has 8 heteroatoms. The molecule has 2 aromatic carbocycles. The van der Waals surface area contributed by atoms with Crippen molar-refractivity contribution in [3.63, 3.8) is 0 Å². The van der Waals surface area contributed by atoms with Crippen LogP contribution in [0.25, 0.3) is 10.8 Å². The minimum Gasteiger partial charge on any atom is -0.370 e. The first-order chi connectivity index (χ1) is 18.9. The Morgan fingerprint density at radius 2 is 1.92 bits per heavy atom. The largest absolute Gasteiger partial charge is 0.370 e. The van der Waals surface area contributed by atoms with E-state index in [-0.39, 0.29) is 29.9 Å². The maximum atomic E-state index is 13.6. The van der Waals surface area contributed by atoms with Crippen molar-refractivity contribution in [1.29, 1.82) is 5.41 Å². The number of guanidine groups is 1. The summed E-state index contributed by atoms with van der Waals surface area (Å²) in [6.45, 7) is 2.59. The lowest BCUT2D eigenvalue weighted by Crippen LogP contribution is -2.49. The molecule has 6 N–H and O–H groups in total. The third-order valence-electron chi connectivity index (χ3n) is 10.1. The molecule has 4 fully saturated rings. The van der Waals surface area contributed by atoms with Gasteiger partial charge in [0.1, 0.15) is 0 Å². The van der Waals surface area contributed by atoms with E-state index in [1.165, 1.54) is 25.7 Å². The summed E-state index contributed by atoms with van der Waals surface area (Å²) in [6, 6.07) is 13.5. The monoisotopic (exact) mass is 530 g/mol. The van der Waals surface area contributed by atoms with Crippen molar-refractivity contribution in [3.8, 4) is 0 Å². The van der Waals surface area contributed by atoms with Crippen LogP contribution in [0.4, 0.5) is 0 Å². The van der Waals surface area contributed by atoms with Gasteiger partial charge in [0.2, 0.25) is 5.91 Å². The van der Waals surface area contributed by atoms with Gasteiger partial charge in [0.25, 0.3) is 5.91 Å². The van der Waals surface area contributed by atoms with Crippen LogP contribution in [-0.2, 0) is 4.79 Å². The molecule has 3 saturated carbocycles. The SMILES string of the molecule is N=C(N)NCCC[C@@H]1N[C@H](CNC(=O)c2ccc3ccccc3c2)CCN(CCC2CC34CC3CCC24)C1=O. The fourth-order valence-electron chi connectivity index (χ4n) is 7.96. The van der Waals surface area contributed by atoms with Crippen LogP contribution >= 0.6 is 0 Å². The Balaban J connectivity index is 1.06. The van der Waals surface area contributed by atoms with Crippen molar-refractivity contribution in [3.05, 3.63) is 48.0 Å². The molecule has 1 heterocycles. The van der Waals surface area contributed by atoms with Crippen molar-refractivity contribution in [2.75, 3.05) is 26.2 Å². The number of benzene rings is 2. The molecule has 0 radical (unpaired) electrons. The van der Waals surface area contributed by atoms with E-state index in [9.17, 15) is 9.59 Å². The van der Waals surface area contributed by atoms with Crippen LogP contribution < -0.4 is 21.7 Å². The molecule has 8 nitrogen and oxygen atoms in total. The van der Waals surface area contributed by atoms with Crippen LogP contribution in [0.5, 0.6) is 0 Å². The number of nitrogens with one attached hydrogen (secondary N) is 4. The molecular weight excluding hydrogens is 488 g/mol. The van der Waals surface area contributed by atoms with Gasteiger partial charge in [0, 0.05) is 37.8 Å². The second kappa shape index (κ2) is 10.8. The van der Waals surface area contributed by atoms with Gasteiger partial charge in [-0.3, -0.25) is 15.0 Å². The molecule has 1 aliphatic heterocycles. The zero-order valence-electron chi connectivity index (χ0n) is 22.8. The van der Waals surface area contributed by atoms with Gasteiger partial charge in [-0.1, -0.05) is 30.3 Å². The number of rotatable bonds is 10. The van der Waals surface area contributed by atoms with Gasteiger partial charge < -0.3 is 26.6 Å². The first-order valence-corrected chi connectivity index (χ1v) is 14.8. The fourth-order valence-corrected chi connectivity index (χ4v) is 7.96. The highest BCUT2D eigenvalue weighted by Crippen LogP contribution is 2.78. The number of amides is 2. The Kier molecular flexibility index (Phi) is 7.23. The first kappa shape index (κ1) is 26.1. The highest BCUT2D eigenvalue weighted by Gasteiger charge is 2.70. The summed E-state index contributed by atoms with van der Waals surface area (Å²) >= 11 is 0. The van der Waals surface area contributed by atoms with E-state index < -0.39 is 0 Å². The fraction of sp³-hybridized carbons (Fsp3) is 0.581. The number of fused-ring (bicyclic) bond motifs is 1. The molecule has 4 unspecified atom stereocenters. The Morgan fingerprint density at radius 1 is 1.08 bits per heavy atom. The molecule has 2 amide bonds. The molecule has 39 heavy (non-hydrogen) atoms. The maximum absolute atomic E-state index is 13.6.